The average Bonchev–Trinajstić information content (AvgIpc) is 2.68. The van der Waals surface area contributed by atoms with Gasteiger partial charge in [0, 0.05) is 6.07 Å². The Kier molecular flexibility index (Phi) is 3.34. The van der Waals surface area contributed by atoms with E-state index in [1.807, 2.05) is 0 Å². The van der Waals surface area contributed by atoms with Crippen LogP contribution in [0.25, 0.3) is 10.2 Å². The second kappa shape index (κ2) is 4.81. The zero-order valence-electron chi connectivity index (χ0n) is 10.2. The largest absolute Gasteiger partial charge is 0.617 e. The van der Waals surface area contributed by atoms with Gasteiger partial charge < -0.3 is 9.94 Å². The first kappa shape index (κ1) is 13.2. The highest BCUT2D eigenvalue weighted by atomic mass is 32.1. The van der Waals surface area contributed by atoms with Gasteiger partial charge in [-0.15, -0.1) is 4.73 Å². The lowest BCUT2D eigenvalue weighted by Crippen LogP contribution is -2.32. The quantitative estimate of drug-likeness (QED) is 0.282. The average molecular weight is 282 g/mol. The molecule has 0 atom stereocenters. The lowest BCUT2D eigenvalue weighted by atomic mass is 10.2. The number of benzene rings is 1. The highest BCUT2D eigenvalue weighted by Crippen LogP contribution is 2.28. The summed E-state index contributed by atoms with van der Waals surface area (Å²) in [7, 11) is 0. The van der Waals surface area contributed by atoms with Crippen LogP contribution in [0, 0.1) is 22.2 Å². The van der Waals surface area contributed by atoms with E-state index in [0.717, 1.165) is 17.4 Å². The maximum atomic E-state index is 12.0. The maximum absolute atomic E-state index is 12.0. The number of nitrogens with zero attached hydrogens (tertiary/aromatic N) is 2. The van der Waals surface area contributed by atoms with Crippen molar-refractivity contribution in [3.63, 3.8) is 0 Å². The van der Waals surface area contributed by atoms with E-state index in [4.69, 9.17) is 4.74 Å². The highest BCUT2D eigenvalue weighted by molar-refractivity contribution is 7.20. The molecule has 2 rings (SSSR count). The second-order valence-corrected chi connectivity index (χ2v) is 4.79. The zero-order valence-corrected chi connectivity index (χ0v) is 11.0. The fourth-order valence-electron chi connectivity index (χ4n) is 1.69. The van der Waals surface area contributed by atoms with Crippen molar-refractivity contribution in [1.82, 2.24) is 0 Å². The Morgan fingerprint density at radius 3 is 2.79 bits per heavy atom. The molecule has 0 amide bonds. The molecule has 19 heavy (non-hydrogen) atoms. The van der Waals surface area contributed by atoms with Crippen LogP contribution in [0.4, 0.5) is 5.69 Å². The molecule has 0 N–H and O–H groups in total. The summed E-state index contributed by atoms with van der Waals surface area (Å²) in [5, 5.41) is 22.6. The van der Waals surface area contributed by atoms with Gasteiger partial charge in [0.1, 0.15) is 4.70 Å². The van der Waals surface area contributed by atoms with Crippen molar-refractivity contribution in [1.29, 1.82) is 0 Å². The summed E-state index contributed by atoms with van der Waals surface area (Å²) in [6.45, 7) is 3.45. The molecule has 2 aromatic rings. The zero-order chi connectivity index (χ0) is 14.2. The third-order valence-electron chi connectivity index (χ3n) is 2.50. The fraction of sp³-hybridized carbons (Fsp3) is 0.273. The summed E-state index contributed by atoms with van der Waals surface area (Å²) < 4.78 is 5.70. The molecule has 0 aliphatic heterocycles. The van der Waals surface area contributed by atoms with Crippen LogP contribution in [0.1, 0.15) is 22.3 Å². The summed E-state index contributed by atoms with van der Waals surface area (Å²) in [6, 6.07) is 2.53. The number of non-ortho nitro benzene ring substituents is 1. The number of ether oxygens (including phenoxy) is 1. The molecule has 0 spiro atoms. The number of carbonyl (C=O) groups is 1. The Hall–Kier alpha value is -2.22. The molecule has 7 nitrogen and oxygen atoms in total. The summed E-state index contributed by atoms with van der Waals surface area (Å²) in [5.74, 6) is -0.722. The monoisotopic (exact) mass is 282 g/mol. The Morgan fingerprint density at radius 2 is 2.21 bits per heavy atom. The molecule has 8 heteroatoms. The molecule has 1 aromatic heterocycles. The van der Waals surface area contributed by atoms with Gasteiger partial charge in [0.2, 0.25) is 5.52 Å². The summed E-state index contributed by atoms with van der Waals surface area (Å²) in [6.07, 6.45) is 0. The van der Waals surface area contributed by atoms with Crippen LogP contribution in [0.5, 0.6) is 0 Å². The first-order chi connectivity index (χ1) is 8.95. The van der Waals surface area contributed by atoms with E-state index in [1.165, 1.54) is 6.07 Å². The van der Waals surface area contributed by atoms with Crippen LogP contribution >= 0.6 is 11.3 Å². The van der Waals surface area contributed by atoms with E-state index < -0.39 is 10.9 Å². The van der Waals surface area contributed by atoms with Gasteiger partial charge in [-0.1, -0.05) is 11.3 Å². The summed E-state index contributed by atoms with van der Waals surface area (Å²) in [5.41, 5.74) is 0.511. The number of carbonyl (C=O) groups excluding carboxylic acids is 1. The van der Waals surface area contributed by atoms with Crippen LogP contribution in [0.15, 0.2) is 12.1 Å². The minimum absolute atomic E-state index is 0.111. The molecule has 0 radical (unpaired) electrons. The molecule has 0 fully saturated rings. The predicted octanol–water partition coefficient (Wildman–Crippen LogP) is 1.93. The molecule has 0 aliphatic carbocycles. The fourth-order valence-corrected chi connectivity index (χ4v) is 2.67. The van der Waals surface area contributed by atoms with E-state index in [9.17, 15) is 20.1 Å². The second-order valence-electron chi connectivity index (χ2n) is 3.79. The molecule has 1 aromatic carbocycles. The molecule has 0 unspecified atom stereocenters. The van der Waals surface area contributed by atoms with Crippen LogP contribution in [-0.4, -0.2) is 17.5 Å². The topological polar surface area (TPSA) is 96.4 Å². The van der Waals surface area contributed by atoms with Gasteiger partial charge in [-0.3, -0.25) is 10.1 Å². The van der Waals surface area contributed by atoms with Gasteiger partial charge in [0.15, 0.2) is 0 Å². The Labute approximate surface area is 111 Å². The Morgan fingerprint density at radius 1 is 1.53 bits per heavy atom. The first-order valence-corrected chi connectivity index (χ1v) is 6.25. The third-order valence-corrected chi connectivity index (χ3v) is 3.76. The number of rotatable bonds is 3. The van der Waals surface area contributed by atoms with Gasteiger partial charge in [-0.2, -0.15) is 0 Å². The van der Waals surface area contributed by atoms with Crippen molar-refractivity contribution < 1.29 is 19.2 Å². The van der Waals surface area contributed by atoms with Gasteiger partial charge in [0.25, 0.3) is 5.69 Å². The molecule has 0 saturated carbocycles. The number of aromatic nitrogens is 1. The van der Waals surface area contributed by atoms with Crippen molar-refractivity contribution in [3.8, 4) is 0 Å². The third kappa shape index (κ3) is 2.22. The van der Waals surface area contributed by atoms with Gasteiger partial charge >= 0.3 is 11.0 Å². The lowest BCUT2D eigenvalue weighted by molar-refractivity contribution is -0.575. The molecule has 1 heterocycles. The van der Waals surface area contributed by atoms with Crippen LogP contribution in [0.2, 0.25) is 0 Å². The normalized spacial score (nSPS) is 10.6. The molecule has 0 bridgehead atoms. The number of fused-ring (bicyclic) bond motifs is 1. The van der Waals surface area contributed by atoms with E-state index >= 15 is 0 Å². The van der Waals surface area contributed by atoms with E-state index in [2.05, 4.69) is 0 Å². The van der Waals surface area contributed by atoms with Crippen LogP contribution < -0.4 is 4.73 Å². The van der Waals surface area contributed by atoms with E-state index in [0.29, 0.717) is 15.0 Å². The van der Waals surface area contributed by atoms with Gasteiger partial charge in [0.05, 0.1) is 17.6 Å². The molecule has 0 aliphatic rings. The SMILES string of the molecule is CCOC(=O)c1sc2c(C)cc([N+](=O)[O-])cc2[n+]1[O-]. The van der Waals surface area contributed by atoms with E-state index in [-0.39, 0.29) is 22.8 Å². The minimum Gasteiger partial charge on any atom is -0.617 e. The molecular weight excluding hydrogens is 272 g/mol. The highest BCUT2D eigenvalue weighted by Gasteiger charge is 2.27. The van der Waals surface area contributed by atoms with Crippen molar-refractivity contribution in [3.05, 3.63) is 38.0 Å². The molecule has 0 saturated heterocycles. The van der Waals surface area contributed by atoms with Crippen molar-refractivity contribution >= 4 is 33.2 Å². The first-order valence-electron chi connectivity index (χ1n) is 5.44. The van der Waals surface area contributed by atoms with Crippen molar-refractivity contribution in [2.24, 2.45) is 0 Å². The standard InChI is InChI=1S/C11H10N2O5S/c1-3-18-11(14)10-12(15)8-5-7(13(16)17)4-6(2)9(8)19-10/h4-5H,3H2,1-2H3. The van der Waals surface area contributed by atoms with Crippen molar-refractivity contribution in [2.45, 2.75) is 13.8 Å². The maximum Gasteiger partial charge on any atom is 0.416 e. The summed E-state index contributed by atoms with van der Waals surface area (Å²) >= 11 is 0.972. The number of esters is 1. The number of nitro benzene ring substituents is 1. The van der Waals surface area contributed by atoms with Crippen molar-refractivity contribution in [2.75, 3.05) is 6.61 Å². The van der Waals surface area contributed by atoms with Gasteiger partial charge in [-0.25, -0.2) is 4.79 Å². The Bertz CT molecular complexity index is 679. The predicted molar refractivity (Wildman–Crippen MR) is 68.1 cm³/mol. The number of hydrogen-bond donors (Lipinski definition) is 0. The van der Waals surface area contributed by atoms with Gasteiger partial charge in [-0.05, 0) is 19.4 Å². The van der Waals surface area contributed by atoms with Crippen LogP contribution in [0.3, 0.4) is 0 Å². The number of aryl methyl sites for hydroxylation is 1. The molecular formula is C11H10N2O5S. The number of thiazole rings is 1. The smallest absolute Gasteiger partial charge is 0.416 e. The molecule has 100 valence electrons. The summed E-state index contributed by atoms with van der Waals surface area (Å²) in [4.78, 5) is 21.8. The number of nitro groups is 1. The van der Waals surface area contributed by atoms with Crippen LogP contribution in [-0.2, 0) is 4.74 Å². The Balaban J connectivity index is 2.66. The van der Waals surface area contributed by atoms with E-state index in [1.54, 1.807) is 13.8 Å². The minimum atomic E-state index is -0.722. The lowest BCUT2D eigenvalue weighted by Gasteiger charge is -1.98. The number of hydrogen-bond acceptors (Lipinski definition) is 6.